The minimum absolute atomic E-state index is 0.140. The zero-order valence-electron chi connectivity index (χ0n) is 9.79. The van der Waals surface area contributed by atoms with Gasteiger partial charge in [-0.15, -0.1) is 6.58 Å². The van der Waals surface area contributed by atoms with Crippen molar-refractivity contribution in [2.45, 2.75) is 37.9 Å². The molecule has 84 valence electrons. The fourth-order valence-electron chi connectivity index (χ4n) is 3.14. The van der Waals surface area contributed by atoms with Gasteiger partial charge in [-0.3, -0.25) is 0 Å². The second kappa shape index (κ2) is 2.96. The Balaban J connectivity index is 2.43. The number of hydrogen-bond donors (Lipinski definition) is 1. The molecule has 1 saturated carbocycles. The zero-order chi connectivity index (χ0) is 11.3. The minimum atomic E-state index is -0.773. The maximum atomic E-state index is 10.5. The van der Waals surface area contributed by atoms with Crippen LogP contribution in [-0.4, -0.2) is 23.4 Å². The molecule has 0 spiro atoms. The molecule has 3 rings (SSSR count). The molecular formula is C13H20O2. The average Bonchev–Trinajstić information content (AvgIpc) is 2.21. The predicted octanol–water partition coefficient (Wildman–Crippen LogP) is 2.29. The van der Waals surface area contributed by atoms with Gasteiger partial charge in [0.15, 0.2) is 0 Å². The Kier molecular flexibility index (Phi) is 2.15. The van der Waals surface area contributed by atoms with Crippen molar-refractivity contribution < 1.29 is 9.84 Å². The van der Waals surface area contributed by atoms with Gasteiger partial charge in [-0.25, -0.2) is 0 Å². The van der Waals surface area contributed by atoms with Crippen LogP contribution in [0.5, 0.6) is 0 Å². The number of hydrogen-bond acceptors (Lipinski definition) is 2. The third-order valence-electron chi connectivity index (χ3n) is 4.52. The lowest BCUT2D eigenvalue weighted by Crippen LogP contribution is -2.60. The number of methoxy groups -OCH3 is 1. The van der Waals surface area contributed by atoms with E-state index in [1.54, 1.807) is 13.2 Å². The molecule has 0 aliphatic heterocycles. The molecule has 0 aromatic rings. The summed E-state index contributed by atoms with van der Waals surface area (Å²) < 4.78 is 5.62. The van der Waals surface area contributed by atoms with Crippen LogP contribution in [0.4, 0.5) is 0 Å². The molecule has 0 saturated heterocycles. The molecule has 3 aliphatic rings. The summed E-state index contributed by atoms with van der Waals surface area (Å²) in [6.45, 7) is 7.98. The van der Waals surface area contributed by atoms with Crippen molar-refractivity contribution in [1.29, 1.82) is 0 Å². The smallest absolute Gasteiger partial charge is 0.0920 e. The minimum Gasteiger partial charge on any atom is -0.385 e. The Labute approximate surface area is 91.6 Å². The molecule has 1 fully saturated rings. The standard InChI is InChI=1S/C13H20O2/c1-5-13(14)8-10-6-7-11(13,2)9-12(10,3)15-4/h5-7,10,14H,1,8-9H2,2-4H3/t10-,11-,12+,13-/m1/s1. The second-order valence-electron chi connectivity index (χ2n) is 5.41. The summed E-state index contributed by atoms with van der Waals surface area (Å²) >= 11 is 0. The van der Waals surface area contributed by atoms with Crippen LogP contribution in [0.15, 0.2) is 24.8 Å². The molecule has 15 heavy (non-hydrogen) atoms. The van der Waals surface area contributed by atoms with Gasteiger partial charge in [-0.2, -0.15) is 0 Å². The van der Waals surface area contributed by atoms with Gasteiger partial charge >= 0.3 is 0 Å². The van der Waals surface area contributed by atoms with Crippen LogP contribution in [0.3, 0.4) is 0 Å². The van der Waals surface area contributed by atoms with E-state index in [1.165, 1.54) is 0 Å². The van der Waals surface area contributed by atoms with E-state index in [-0.39, 0.29) is 16.9 Å². The average molecular weight is 208 g/mol. The predicted molar refractivity (Wildman–Crippen MR) is 60.5 cm³/mol. The van der Waals surface area contributed by atoms with Crippen LogP contribution in [0.1, 0.15) is 26.7 Å². The highest BCUT2D eigenvalue weighted by Crippen LogP contribution is 2.57. The summed E-state index contributed by atoms with van der Waals surface area (Å²) in [4.78, 5) is 0. The fourth-order valence-corrected chi connectivity index (χ4v) is 3.14. The molecule has 1 N–H and O–H groups in total. The normalized spacial score (nSPS) is 53.2. The van der Waals surface area contributed by atoms with Gasteiger partial charge in [0.25, 0.3) is 0 Å². The number of rotatable bonds is 2. The molecule has 2 bridgehead atoms. The summed E-state index contributed by atoms with van der Waals surface area (Å²) in [5.74, 6) is 0.285. The third-order valence-corrected chi connectivity index (χ3v) is 4.52. The maximum absolute atomic E-state index is 10.5. The van der Waals surface area contributed by atoms with Crippen LogP contribution < -0.4 is 0 Å². The lowest BCUT2D eigenvalue weighted by molar-refractivity contribution is -0.161. The van der Waals surface area contributed by atoms with Crippen LogP contribution in [0, 0.1) is 11.3 Å². The fraction of sp³-hybridized carbons (Fsp3) is 0.692. The monoisotopic (exact) mass is 208 g/mol. The molecule has 0 unspecified atom stereocenters. The Bertz CT molecular complexity index is 322. The Morgan fingerprint density at radius 3 is 2.67 bits per heavy atom. The Morgan fingerprint density at radius 1 is 1.53 bits per heavy atom. The number of fused-ring (bicyclic) bond motifs is 2. The van der Waals surface area contributed by atoms with E-state index >= 15 is 0 Å². The lowest BCUT2D eigenvalue weighted by atomic mass is 9.52. The van der Waals surface area contributed by atoms with Gasteiger partial charge in [0, 0.05) is 18.4 Å². The molecule has 4 atom stereocenters. The molecule has 0 amide bonds. The summed E-state index contributed by atoms with van der Waals surface area (Å²) in [6, 6.07) is 0. The van der Waals surface area contributed by atoms with E-state index in [0.29, 0.717) is 6.42 Å². The molecule has 0 heterocycles. The summed E-state index contributed by atoms with van der Waals surface area (Å²) in [6.07, 6.45) is 7.57. The second-order valence-corrected chi connectivity index (χ2v) is 5.41. The molecule has 2 nitrogen and oxygen atoms in total. The first-order chi connectivity index (χ1) is 6.89. The SMILES string of the molecule is C=C[C@@]1(O)C[C@H]2C=C[C@]1(C)C[C@]2(C)OC. The van der Waals surface area contributed by atoms with Gasteiger partial charge < -0.3 is 9.84 Å². The van der Waals surface area contributed by atoms with Crippen LogP contribution in [0.25, 0.3) is 0 Å². The molecule has 0 radical (unpaired) electrons. The summed E-state index contributed by atoms with van der Waals surface area (Å²) in [5, 5.41) is 10.5. The van der Waals surface area contributed by atoms with Gasteiger partial charge in [0.1, 0.15) is 0 Å². The van der Waals surface area contributed by atoms with E-state index in [0.717, 1.165) is 6.42 Å². The highest BCUT2D eigenvalue weighted by Gasteiger charge is 2.58. The lowest BCUT2D eigenvalue weighted by Gasteiger charge is -2.58. The van der Waals surface area contributed by atoms with Crippen molar-refractivity contribution in [1.82, 2.24) is 0 Å². The maximum Gasteiger partial charge on any atom is 0.0920 e. The first-order valence-electron chi connectivity index (χ1n) is 5.50. The van der Waals surface area contributed by atoms with Crippen molar-refractivity contribution in [2.75, 3.05) is 7.11 Å². The van der Waals surface area contributed by atoms with Crippen molar-refractivity contribution in [3.8, 4) is 0 Å². The largest absolute Gasteiger partial charge is 0.385 e. The van der Waals surface area contributed by atoms with Crippen molar-refractivity contribution in [3.05, 3.63) is 24.8 Å². The molecule has 0 aromatic carbocycles. The van der Waals surface area contributed by atoms with Crippen molar-refractivity contribution in [2.24, 2.45) is 11.3 Å². The number of ether oxygens (including phenoxy) is 1. The Morgan fingerprint density at radius 2 is 2.20 bits per heavy atom. The van der Waals surface area contributed by atoms with Crippen LogP contribution in [0.2, 0.25) is 0 Å². The first-order valence-corrected chi connectivity index (χ1v) is 5.50. The van der Waals surface area contributed by atoms with Crippen molar-refractivity contribution in [3.63, 3.8) is 0 Å². The highest BCUT2D eigenvalue weighted by molar-refractivity contribution is 5.28. The highest BCUT2D eigenvalue weighted by atomic mass is 16.5. The Hall–Kier alpha value is -0.600. The van der Waals surface area contributed by atoms with Crippen LogP contribution >= 0.6 is 0 Å². The number of aliphatic hydroxyl groups is 1. The van der Waals surface area contributed by atoms with Gasteiger partial charge in [-0.05, 0) is 19.8 Å². The zero-order valence-corrected chi connectivity index (χ0v) is 9.79. The van der Waals surface area contributed by atoms with Crippen molar-refractivity contribution >= 4 is 0 Å². The van der Waals surface area contributed by atoms with Gasteiger partial charge in [0.05, 0.1) is 11.2 Å². The summed E-state index contributed by atoms with van der Waals surface area (Å²) in [5.41, 5.74) is -1.16. The van der Waals surface area contributed by atoms with E-state index < -0.39 is 5.60 Å². The van der Waals surface area contributed by atoms with Crippen LogP contribution in [-0.2, 0) is 4.74 Å². The summed E-state index contributed by atoms with van der Waals surface area (Å²) in [7, 11) is 1.75. The van der Waals surface area contributed by atoms with E-state index in [9.17, 15) is 5.11 Å². The van der Waals surface area contributed by atoms with Gasteiger partial charge in [0.2, 0.25) is 0 Å². The van der Waals surface area contributed by atoms with E-state index in [2.05, 4.69) is 32.6 Å². The quantitative estimate of drug-likeness (QED) is 0.706. The van der Waals surface area contributed by atoms with E-state index in [4.69, 9.17) is 4.74 Å². The molecule has 3 aliphatic carbocycles. The molecule has 2 heteroatoms. The first kappa shape index (κ1) is 10.9. The third kappa shape index (κ3) is 1.25. The van der Waals surface area contributed by atoms with E-state index in [1.807, 2.05) is 0 Å². The molecule has 0 aromatic heterocycles. The van der Waals surface area contributed by atoms with Gasteiger partial charge in [-0.1, -0.05) is 25.2 Å². The topological polar surface area (TPSA) is 29.5 Å². The molecular weight excluding hydrogens is 188 g/mol.